The van der Waals surface area contributed by atoms with Crippen LogP contribution < -0.4 is 0 Å². The van der Waals surface area contributed by atoms with Gasteiger partial charge in [-0.25, -0.2) is 0 Å². The highest BCUT2D eigenvalue weighted by molar-refractivity contribution is 5.11. The zero-order valence-electron chi connectivity index (χ0n) is 10.1. The van der Waals surface area contributed by atoms with E-state index in [4.69, 9.17) is 0 Å². The summed E-state index contributed by atoms with van der Waals surface area (Å²) in [6.07, 6.45) is 3.46. The molecule has 1 rings (SSSR count). The molecule has 0 aliphatic rings. The zero-order valence-corrected chi connectivity index (χ0v) is 10.1. The Morgan fingerprint density at radius 1 is 1.20 bits per heavy atom. The van der Waals surface area contributed by atoms with Crippen molar-refractivity contribution >= 4 is 0 Å². The number of ether oxygens (including phenoxy) is 1. The number of hydrogen-bond acceptors (Lipinski definition) is 1. The Morgan fingerprint density at radius 3 is 1.80 bits per heavy atom. The van der Waals surface area contributed by atoms with E-state index in [-0.39, 0.29) is 0 Å². The maximum atomic E-state index is 4.57. The third-order valence-corrected chi connectivity index (χ3v) is 1.22. The molecule has 0 atom stereocenters. The van der Waals surface area contributed by atoms with Crippen molar-refractivity contribution in [1.29, 1.82) is 0 Å². The number of aryl methyl sites for hydroxylation is 1. The molecule has 0 radical (unpaired) electrons. The van der Waals surface area contributed by atoms with Crippen molar-refractivity contribution in [2.75, 3.05) is 13.7 Å². The van der Waals surface area contributed by atoms with Crippen LogP contribution in [0.1, 0.15) is 12.5 Å². The van der Waals surface area contributed by atoms with Gasteiger partial charge in [0.2, 0.25) is 0 Å². The average molecular weight is 206 g/mol. The molecule has 0 aromatic heterocycles. The molecule has 0 heterocycles. The Balaban J connectivity index is 0. The first-order chi connectivity index (χ1) is 7.22. The summed E-state index contributed by atoms with van der Waals surface area (Å²) in [4.78, 5) is 0. The summed E-state index contributed by atoms with van der Waals surface area (Å²) in [6.45, 7) is 11.4. The fourth-order valence-electron chi connectivity index (χ4n) is 0.652. The SMILES string of the molecule is C=CC.C=CCOC.Cc1ccccc1. The number of rotatable bonds is 2. The minimum atomic E-state index is 0.653. The summed E-state index contributed by atoms with van der Waals surface area (Å²) >= 11 is 0. The van der Waals surface area contributed by atoms with E-state index in [1.165, 1.54) is 5.56 Å². The van der Waals surface area contributed by atoms with Gasteiger partial charge >= 0.3 is 0 Å². The Morgan fingerprint density at radius 2 is 1.67 bits per heavy atom. The van der Waals surface area contributed by atoms with Gasteiger partial charge < -0.3 is 4.74 Å². The number of methoxy groups -OCH3 is 1. The Hall–Kier alpha value is -1.34. The van der Waals surface area contributed by atoms with E-state index in [9.17, 15) is 0 Å². The molecular formula is C14H22O. The molecule has 0 amide bonds. The van der Waals surface area contributed by atoms with E-state index >= 15 is 0 Å². The zero-order chi connectivity index (χ0) is 11.9. The lowest BCUT2D eigenvalue weighted by Gasteiger charge is -1.82. The molecular weight excluding hydrogens is 184 g/mol. The van der Waals surface area contributed by atoms with Crippen molar-refractivity contribution in [3.8, 4) is 0 Å². The van der Waals surface area contributed by atoms with Gasteiger partial charge in [-0.3, -0.25) is 0 Å². The standard InChI is InChI=1S/C7H8.C4H8O.C3H6/c1-7-5-3-2-4-6-7;1-3-4-5-2;1-3-2/h2-6H,1H3;3H,1,4H2,2H3;3H,1H2,2H3. The molecule has 0 aliphatic carbocycles. The van der Waals surface area contributed by atoms with Gasteiger partial charge in [0, 0.05) is 7.11 Å². The van der Waals surface area contributed by atoms with Gasteiger partial charge in [-0.15, -0.1) is 13.2 Å². The van der Waals surface area contributed by atoms with Gasteiger partial charge in [0.25, 0.3) is 0 Å². The summed E-state index contributed by atoms with van der Waals surface area (Å²) in [6, 6.07) is 10.3. The van der Waals surface area contributed by atoms with Crippen LogP contribution in [-0.2, 0) is 4.74 Å². The number of benzene rings is 1. The van der Waals surface area contributed by atoms with E-state index in [2.05, 4.69) is 37.0 Å². The van der Waals surface area contributed by atoms with Crippen LogP contribution in [0.4, 0.5) is 0 Å². The van der Waals surface area contributed by atoms with Crippen molar-refractivity contribution in [2.45, 2.75) is 13.8 Å². The molecule has 0 N–H and O–H groups in total. The fourth-order valence-corrected chi connectivity index (χ4v) is 0.652. The number of hydrogen-bond donors (Lipinski definition) is 0. The van der Waals surface area contributed by atoms with Gasteiger partial charge in [-0.2, -0.15) is 0 Å². The Bertz CT molecular complexity index is 226. The molecule has 0 fully saturated rings. The molecule has 0 saturated carbocycles. The Labute approximate surface area is 94.1 Å². The Kier molecular flexibility index (Phi) is 16.3. The predicted octanol–water partition coefficient (Wildman–Crippen LogP) is 4.01. The molecule has 0 bridgehead atoms. The fraction of sp³-hybridized carbons (Fsp3) is 0.286. The average Bonchev–Trinajstić information content (AvgIpc) is 2.22. The summed E-state index contributed by atoms with van der Waals surface area (Å²) in [5.41, 5.74) is 1.32. The van der Waals surface area contributed by atoms with Crippen molar-refractivity contribution in [1.82, 2.24) is 0 Å². The first-order valence-electron chi connectivity index (χ1n) is 4.91. The highest BCUT2D eigenvalue weighted by Crippen LogP contribution is 1.92. The van der Waals surface area contributed by atoms with Gasteiger partial charge in [0.05, 0.1) is 6.61 Å². The molecule has 0 aliphatic heterocycles. The van der Waals surface area contributed by atoms with Gasteiger partial charge in [0.15, 0.2) is 0 Å². The largest absolute Gasteiger partial charge is 0.381 e. The van der Waals surface area contributed by atoms with Crippen molar-refractivity contribution in [3.05, 3.63) is 61.2 Å². The van der Waals surface area contributed by atoms with Crippen LogP contribution in [0.2, 0.25) is 0 Å². The number of allylic oxidation sites excluding steroid dienone is 1. The highest BCUT2D eigenvalue weighted by Gasteiger charge is 1.72. The maximum absolute atomic E-state index is 4.57. The van der Waals surface area contributed by atoms with E-state index in [1.54, 1.807) is 19.3 Å². The van der Waals surface area contributed by atoms with Gasteiger partial charge in [-0.1, -0.05) is 48.0 Å². The van der Waals surface area contributed by atoms with E-state index in [0.717, 1.165) is 0 Å². The van der Waals surface area contributed by atoms with Crippen molar-refractivity contribution in [2.24, 2.45) is 0 Å². The lowest BCUT2D eigenvalue weighted by molar-refractivity contribution is 0.234. The lowest BCUT2D eigenvalue weighted by Crippen LogP contribution is -1.76. The van der Waals surface area contributed by atoms with E-state index in [0.29, 0.717) is 6.61 Å². The smallest absolute Gasteiger partial charge is 0.0641 e. The second-order valence-electron chi connectivity index (χ2n) is 2.81. The van der Waals surface area contributed by atoms with E-state index < -0.39 is 0 Å². The normalized spacial score (nSPS) is 7.40. The van der Waals surface area contributed by atoms with Crippen molar-refractivity contribution in [3.63, 3.8) is 0 Å². The monoisotopic (exact) mass is 206 g/mol. The first kappa shape index (κ1) is 16.1. The molecule has 0 unspecified atom stereocenters. The first-order valence-corrected chi connectivity index (χ1v) is 4.91. The molecule has 15 heavy (non-hydrogen) atoms. The molecule has 0 saturated heterocycles. The molecule has 1 aromatic rings. The quantitative estimate of drug-likeness (QED) is 0.664. The third kappa shape index (κ3) is 19.2. The molecule has 1 nitrogen and oxygen atoms in total. The molecule has 1 aromatic carbocycles. The van der Waals surface area contributed by atoms with Crippen LogP contribution in [0, 0.1) is 6.92 Å². The molecule has 1 heteroatoms. The van der Waals surface area contributed by atoms with Crippen LogP contribution >= 0.6 is 0 Å². The van der Waals surface area contributed by atoms with Crippen LogP contribution in [0.3, 0.4) is 0 Å². The molecule has 0 spiro atoms. The van der Waals surface area contributed by atoms with Crippen LogP contribution in [0.25, 0.3) is 0 Å². The summed E-state index contributed by atoms with van der Waals surface area (Å²) in [5.74, 6) is 0. The second kappa shape index (κ2) is 15.1. The summed E-state index contributed by atoms with van der Waals surface area (Å²) < 4.78 is 4.57. The topological polar surface area (TPSA) is 9.23 Å². The van der Waals surface area contributed by atoms with E-state index in [1.807, 2.05) is 25.1 Å². The molecule has 84 valence electrons. The van der Waals surface area contributed by atoms with Crippen LogP contribution in [0.15, 0.2) is 55.6 Å². The predicted molar refractivity (Wildman–Crippen MR) is 69.1 cm³/mol. The van der Waals surface area contributed by atoms with Gasteiger partial charge in [0.1, 0.15) is 0 Å². The second-order valence-corrected chi connectivity index (χ2v) is 2.81. The van der Waals surface area contributed by atoms with Crippen LogP contribution in [0.5, 0.6) is 0 Å². The van der Waals surface area contributed by atoms with Crippen LogP contribution in [-0.4, -0.2) is 13.7 Å². The van der Waals surface area contributed by atoms with Gasteiger partial charge in [-0.05, 0) is 13.8 Å². The minimum absolute atomic E-state index is 0.653. The highest BCUT2D eigenvalue weighted by atomic mass is 16.5. The summed E-state index contributed by atoms with van der Waals surface area (Å²) in [7, 11) is 1.64. The van der Waals surface area contributed by atoms with Crippen molar-refractivity contribution < 1.29 is 4.74 Å². The third-order valence-electron chi connectivity index (χ3n) is 1.22. The minimum Gasteiger partial charge on any atom is -0.381 e. The summed E-state index contributed by atoms with van der Waals surface area (Å²) in [5, 5.41) is 0. The lowest BCUT2D eigenvalue weighted by atomic mass is 10.2. The maximum Gasteiger partial charge on any atom is 0.0641 e.